The largest absolute Gasteiger partial charge is 0.399 e. The van der Waals surface area contributed by atoms with Gasteiger partial charge in [0.25, 0.3) is 0 Å². The molecule has 0 spiro atoms. The fourth-order valence-corrected chi connectivity index (χ4v) is 5.70. The topological polar surface area (TPSA) is 52.0 Å². The smallest absolute Gasteiger partial charge is 0.0314 e. The van der Waals surface area contributed by atoms with E-state index in [-0.39, 0.29) is 10.8 Å². The molecule has 3 rings (SSSR count). The molecule has 1 aliphatic rings. The van der Waals surface area contributed by atoms with Gasteiger partial charge in [0.05, 0.1) is 0 Å². The van der Waals surface area contributed by atoms with Gasteiger partial charge in [0, 0.05) is 22.2 Å². The molecule has 0 bridgehead atoms. The maximum Gasteiger partial charge on any atom is 0.0314 e. The summed E-state index contributed by atoms with van der Waals surface area (Å²) in [7, 11) is 0. The highest BCUT2D eigenvalue weighted by Crippen LogP contribution is 2.66. The maximum absolute atomic E-state index is 6.06. The quantitative estimate of drug-likeness (QED) is 0.522. The van der Waals surface area contributed by atoms with E-state index in [9.17, 15) is 0 Å². The SMILES string of the molecule is CC1=C(C)C(C)(C(C)C)C(C)(C(C)C)C(c2ccc(N)cc2)=C1c1ccc(N)cc1. The van der Waals surface area contributed by atoms with Crippen LogP contribution in [0, 0.1) is 22.7 Å². The van der Waals surface area contributed by atoms with Gasteiger partial charge in [-0.15, -0.1) is 0 Å². The molecule has 160 valence electrons. The van der Waals surface area contributed by atoms with Crippen molar-refractivity contribution in [1.82, 2.24) is 0 Å². The Morgan fingerprint density at radius 3 is 1.43 bits per heavy atom. The third-order valence-corrected chi connectivity index (χ3v) is 8.27. The van der Waals surface area contributed by atoms with Gasteiger partial charge < -0.3 is 11.5 Å². The lowest BCUT2D eigenvalue weighted by atomic mass is 9.45. The van der Waals surface area contributed by atoms with Crippen molar-refractivity contribution >= 4 is 22.5 Å². The molecular weight excluding hydrogens is 364 g/mol. The summed E-state index contributed by atoms with van der Waals surface area (Å²) in [5.74, 6) is 0.945. The zero-order chi connectivity index (χ0) is 22.4. The average molecular weight is 403 g/mol. The van der Waals surface area contributed by atoms with E-state index in [4.69, 9.17) is 11.5 Å². The predicted molar refractivity (Wildman–Crippen MR) is 133 cm³/mol. The second-order valence-corrected chi connectivity index (χ2v) is 9.96. The molecule has 0 radical (unpaired) electrons. The molecule has 2 heteroatoms. The van der Waals surface area contributed by atoms with Gasteiger partial charge in [0.1, 0.15) is 0 Å². The minimum absolute atomic E-state index is 0.0271. The van der Waals surface area contributed by atoms with Crippen molar-refractivity contribution in [2.75, 3.05) is 11.5 Å². The fraction of sp³-hybridized carbons (Fsp3) is 0.429. The number of hydrogen-bond donors (Lipinski definition) is 2. The first kappa shape index (κ1) is 22.2. The lowest BCUT2D eigenvalue weighted by Gasteiger charge is -2.58. The van der Waals surface area contributed by atoms with Crippen molar-refractivity contribution < 1.29 is 0 Å². The number of nitrogen functional groups attached to an aromatic ring is 2. The molecule has 30 heavy (non-hydrogen) atoms. The van der Waals surface area contributed by atoms with Crippen molar-refractivity contribution in [1.29, 1.82) is 0 Å². The lowest BCUT2D eigenvalue weighted by Crippen LogP contribution is -2.49. The third kappa shape index (κ3) is 3.09. The Labute approximate surface area is 183 Å². The molecular formula is C28H38N2. The number of rotatable bonds is 4. The molecule has 2 aromatic carbocycles. The van der Waals surface area contributed by atoms with E-state index < -0.39 is 0 Å². The Balaban J connectivity index is 2.51. The normalized spacial score (nSPS) is 24.9. The molecule has 0 fully saturated rings. The van der Waals surface area contributed by atoms with Crippen molar-refractivity contribution in [2.45, 2.75) is 55.4 Å². The fourth-order valence-electron chi connectivity index (χ4n) is 5.70. The molecule has 1 aliphatic carbocycles. The minimum atomic E-state index is -0.0579. The van der Waals surface area contributed by atoms with Gasteiger partial charge in [-0.1, -0.05) is 71.4 Å². The standard InChI is InChI=1S/C28H38N2/c1-17(2)27(7)20(6)19(5)25(21-9-13-23(29)14-10-21)26(28(27,8)18(3)4)22-11-15-24(30)16-12-22/h9-18H,29-30H2,1-8H3. The zero-order valence-corrected chi connectivity index (χ0v) is 19.9. The molecule has 0 saturated carbocycles. The first-order valence-electron chi connectivity index (χ1n) is 11.1. The molecule has 0 aliphatic heterocycles. The van der Waals surface area contributed by atoms with Crippen LogP contribution in [-0.4, -0.2) is 0 Å². The van der Waals surface area contributed by atoms with E-state index in [2.05, 4.69) is 79.7 Å². The van der Waals surface area contributed by atoms with Crippen LogP contribution in [0.2, 0.25) is 0 Å². The van der Waals surface area contributed by atoms with Gasteiger partial charge in [0.15, 0.2) is 0 Å². The molecule has 0 saturated heterocycles. The summed E-state index contributed by atoms with van der Waals surface area (Å²) < 4.78 is 0. The Bertz CT molecular complexity index is 990. The molecule has 0 amide bonds. The van der Waals surface area contributed by atoms with E-state index in [0.29, 0.717) is 11.8 Å². The van der Waals surface area contributed by atoms with Crippen molar-refractivity contribution in [2.24, 2.45) is 22.7 Å². The molecule has 0 heterocycles. The highest BCUT2D eigenvalue weighted by atomic mass is 14.6. The van der Waals surface area contributed by atoms with E-state index in [1.807, 2.05) is 24.3 Å². The predicted octanol–water partition coefficient (Wildman–Crippen LogP) is 7.44. The van der Waals surface area contributed by atoms with Crippen LogP contribution >= 0.6 is 0 Å². The van der Waals surface area contributed by atoms with E-state index in [1.54, 1.807) is 0 Å². The second kappa shape index (κ2) is 7.65. The number of nitrogens with two attached hydrogens (primary N) is 2. The molecule has 0 aromatic heterocycles. The van der Waals surface area contributed by atoms with Gasteiger partial charge >= 0.3 is 0 Å². The second-order valence-electron chi connectivity index (χ2n) is 9.96. The van der Waals surface area contributed by atoms with Gasteiger partial charge in [-0.2, -0.15) is 0 Å². The summed E-state index contributed by atoms with van der Waals surface area (Å²) in [5.41, 5.74) is 21.7. The van der Waals surface area contributed by atoms with Gasteiger partial charge in [-0.25, -0.2) is 0 Å². The summed E-state index contributed by atoms with van der Waals surface area (Å²) in [6.07, 6.45) is 0. The van der Waals surface area contributed by atoms with Crippen LogP contribution in [0.1, 0.15) is 66.5 Å². The van der Waals surface area contributed by atoms with Crippen LogP contribution in [0.3, 0.4) is 0 Å². The third-order valence-electron chi connectivity index (χ3n) is 8.27. The van der Waals surface area contributed by atoms with Crippen LogP contribution in [0.25, 0.3) is 11.1 Å². The van der Waals surface area contributed by atoms with Gasteiger partial charge in [0.2, 0.25) is 0 Å². The van der Waals surface area contributed by atoms with E-state index in [1.165, 1.54) is 33.4 Å². The highest BCUT2D eigenvalue weighted by molar-refractivity contribution is 6.02. The van der Waals surface area contributed by atoms with Crippen LogP contribution in [0.4, 0.5) is 11.4 Å². The number of hydrogen-bond acceptors (Lipinski definition) is 2. The first-order chi connectivity index (χ1) is 14.0. The van der Waals surface area contributed by atoms with Crippen LogP contribution in [-0.2, 0) is 0 Å². The first-order valence-corrected chi connectivity index (χ1v) is 11.1. The number of benzene rings is 2. The zero-order valence-electron chi connectivity index (χ0n) is 19.9. The molecule has 2 atom stereocenters. The Morgan fingerprint density at radius 1 is 0.633 bits per heavy atom. The summed E-state index contributed by atoms with van der Waals surface area (Å²) in [5, 5.41) is 0. The minimum Gasteiger partial charge on any atom is -0.399 e. The number of anilines is 2. The monoisotopic (exact) mass is 402 g/mol. The van der Waals surface area contributed by atoms with Gasteiger partial charge in [-0.05, 0) is 77.8 Å². The van der Waals surface area contributed by atoms with Crippen LogP contribution < -0.4 is 11.5 Å². The Kier molecular flexibility index (Phi) is 5.66. The van der Waals surface area contributed by atoms with E-state index >= 15 is 0 Å². The molecule has 2 nitrogen and oxygen atoms in total. The maximum atomic E-state index is 6.06. The van der Waals surface area contributed by atoms with Crippen LogP contribution in [0.5, 0.6) is 0 Å². The Morgan fingerprint density at radius 2 is 1.03 bits per heavy atom. The number of allylic oxidation sites excluding steroid dienone is 4. The summed E-state index contributed by atoms with van der Waals surface area (Å²) in [6.45, 7) is 19.0. The highest BCUT2D eigenvalue weighted by Gasteiger charge is 2.55. The summed E-state index contributed by atoms with van der Waals surface area (Å²) >= 11 is 0. The van der Waals surface area contributed by atoms with Crippen molar-refractivity contribution in [3.05, 3.63) is 70.8 Å². The molecule has 2 unspecified atom stereocenters. The van der Waals surface area contributed by atoms with Crippen LogP contribution in [0.15, 0.2) is 59.7 Å². The van der Waals surface area contributed by atoms with Crippen molar-refractivity contribution in [3.8, 4) is 0 Å². The molecule has 2 aromatic rings. The summed E-state index contributed by atoms with van der Waals surface area (Å²) in [6, 6.07) is 16.8. The summed E-state index contributed by atoms with van der Waals surface area (Å²) in [4.78, 5) is 0. The lowest BCUT2D eigenvalue weighted by molar-refractivity contribution is 0.0658. The van der Waals surface area contributed by atoms with Crippen molar-refractivity contribution in [3.63, 3.8) is 0 Å². The van der Waals surface area contributed by atoms with Gasteiger partial charge in [-0.3, -0.25) is 0 Å². The van der Waals surface area contributed by atoms with E-state index in [0.717, 1.165) is 11.4 Å². The Hall–Kier alpha value is -2.48. The average Bonchev–Trinajstić information content (AvgIpc) is 2.70. The molecule has 4 N–H and O–H groups in total.